The molecule has 0 spiro atoms. The van der Waals surface area contributed by atoms with E-state index in [1.807, 2.05) is 128 Å². The minimum atomic E-state index is -0.276. The highest BCUT2D eigenvalue weighted by atomic mass is 16.1. The van der Waals surface area contributed by atoms with E-state index in [-0.39, 0.29) is 17.6 Å². The highest BCUT2D eigenvalue weighted by molar-refractivity contribution is 6.09. The number of benzene rings is 6. The maximum atomic E-state index is 14.5. The van der Waals surface area contributed by atoms with Gasteiger partial charge in [0.15, 0.2) is 5.78 Å². The third kappa shape index (κ3) is 8.34. The molecule has 61 heavy (non-hydrogen) atoms. The molecule has 2 aliphatic carbocycles. The molecule has 0 radical (unpaired) electrons. The van der Waals surface area contributed by atoms with Gasteiger partial charge in [0.05, 0.1) is 17.3 Å². The molecule has 7 nitrogen and oxygen atoms in total. The van der Waals surface area contributed by atoms with Gasteiger partial charge < -0.3 is 16.4 Å². The first kappa shape index (κ1) is 39.3. The van der Waals surface area contributed by atoms with Crippen molar-refractivity contribution in [3.63, 3.8) is 0 Å². The molecule has 1 aromatic heterocycles. The van der Waals surface area contributed by atoms with Gasteiger partial charge >= 0.3 is 0 Å². The van der Waals surface area contributed by atoms with Crippen LogP contribution in [0.5, 0.6) is 0 Å². The highest BCUT2D eigenvalue weighted by Crippen LogP contribution is 2.47. The van der Waals surface area contributed by atoms with E-state index in [4.69, 9.17) is 5.73 Å². The largest absolute Gasteiger partial charge is 0.360 e. The fraction of sp³-hybridized carbons (Fsp3) is 0.148. The van der Waals surface area contributed by atoms with Crippen LogP contribution < -0.4 is 16.4 Å². The Kier molecular flexibility index (Phi) is 11.6. The molecule has 1 amide bonds. The van der Waals surface area contributed by atoms with Gasteiger partial charge in [-0.05, 0) is 148 Å². The van der Waals surface area contributed by atoms with E-state index in [2.05, 4.69) is 63.1 Å². The maximum Gasteiger partial charge on any atom is 0.256 e. The third-order valence-electron chi connectivity index (χ3n) is 12.1. The summed E-state index contributed by atoms with van der Waals surface area (Å²) in [5, 5.41) is 6.18. The Morgan fingerprint density at radius 1 is 0.754 bits per heavy atom. The number of carbonyl (C=O) groups excluding carboxylic acids is 2. The molecule has 0 saturated heterocycles. The fourth-order valence-corrected chi connectivity index (χ4v) is 9.19. The molecular weight excluding hydrogens is 751 g/mol. The number of nitrogens with zero attached hydrogens (tertiary/aromatic N) is 2. The highest BCUT2D eigenvalue weighted by Gasteiger charge is 2.35. The van der Waals surface area contributed by atoms with Gasteiger partial charge in [0.2, 0.25) is 0 Å². The lowest BCUT2D eigenvalue weighted by molar-refractivity contribution is 0.0957. The molecule has 10 rings (SSSR count). The van der Waals surface area contributed by atoms with Crippen LogP contribution in [-0.2, 0) is 25.8 Å². The number of fused-ring (bicyclic) bond motifs is 6. The summed E-state index contributed by atoms with van der Waals surface area (Å²) >= 11 is 0. The van der Waals surface area contributed by atoms with Crippen LogP contribution in [0.25, 0.3) is 22.3 Å². The lowest BCUT2D eigenvalue weighted by atomic mass is 9.69. The van der Waals surface area contributed by atoms with Crippen molar-refractivity contribution in [2.45, 2.75) is 50.5 Å². The molecule has 1 aliphatic heterocycles. The zero-order valence-electron chi connectivity index (χ0n) is 33.9. The molecule has 0 saturated carbocycles. The Morgan fingerprint density at radius 2 is 1.52 bits per heavy atom. The quantitative estimate of drug-likeness (QED) is 0.133. The molecule has 7 heteroatoms. The van der Waals surface area contributed by atoms with E-state index < -0.39 is 0 Å². The minimum absolute atomic E-state index is 0.116. The summed E-state index contributed by atoms with van der Waals surface area (Å²) in [6.07, 6.45) is 14.2. The van der Waals surface area contributed by atoms with Crippen LogP contribution in [0.3, 0.4) is 0 Å². The van der Waals surface area contributed by atoms with Crippen molar-refractivity contribution in [3.05, 3.63) is 215 Å². The molecule has 2 heterocycles. The van der Waals surface area contributed by atoms with Crippen molar-refractivity contribution in [3.8, 4) is 22.3 Å². The molecule has 3 aliphatic rings. The molecule has 6 aromatic carbocycles. The van der Waals surface area contributed by atoms with Crippen molar-refractivity contribution in [1.29, 1.82) is 0 Å². The van der Waals surface area contributed by atoms with E-state index in [1.54, 1.807) is 6.21 Å². The third-order valence-corrected chi connectivity index (χ3v) is 12.1. The molecule has 2 atom stereocenters. The number of anilines is 2. The lowest BCUT2D eigenvalue weighted by Gasteiger charge is -2.34. The number of para-hydroxylation sites is 2. The Hall–Kier alpha value is -7.22. The van der Waals surface area contributed by atoms with Gasteiger partial charge in [0, 0.05) is 48.2 Å². The summed E-state index contributed by atoms with van der Waals surface area (Å²) < 4.78 is 0. The van der Waals surface area contributed by atoms with Crippen molar-refractivity contribution < 1.29 is 9.59 Å². The minimum Gasteiger partial charge on any atom is -0.360 e. The first-order valence-electron chi connectivity index (χ1n) is 21.1. The number of aliphatic imine (C=N–C) groups is 1. The summed E-state index contributed by atoms with van der Waals surface area (Å²) in [6, 6.07) is 48.1. The Balaban J connectivity index is 0.000000374. The van der Waals surface area contributed by atoms with Crippen LogP contribution in [0.1, 0.15) is 78.8 Å². The number of nitrogens with one attached hydrogen (secondary N) is 2. The number of Topliss-reactive ketones (excluding diaryl/α,β-unsaturated/α-hetero) is 1. The number of carbonyl (C=O) groups is 2. The number of ketones is 1. The van der Waals surface area contributed by atoms with Crippen LogP contribution in [0.4, 0.5) is 17.1 Å². The number of amides is 1. The second kappa shape index (κ2) is 18.0. The topological polar surface area (TPSA) is 109 Å². The molecule has 0 bridgehead atoms. The lowest BCUT2D eigenvalue weighted by Crippen LogP contribution is -2.24. The standard InChI is InChI=1S/C45H39N3O2.C9H8N2/c46-27-33-11-2-4-14-36(33)38-15-5-6-16-41(38)45(50)48-34-20-18-30(19-21-34)44(49)42-26-32-10-1-3-13-35(32)40-23-22-37-31(12-7-17-39(37)43(40)42)25-29-9-8-24-47-28-29;1-2-5-9-8(4-1)10-6-3-7-11-9/h1-6,8-11,13-16,18-24,28,31,42H,7,12,17,25-27,46H2,(H,48,50);1-7,10H. The summed E-state index contributed by atoms with van der Waals surface area (Å²) in [5.74, 6) is 0.0295. The molecule has 2 unspecified atom stereocenters. The number of nitrogens with two attached hydrogens (primary N) is 1. The van der Waals surface area contributed by atoms with E-state index in [0.717, 1.165) is 53.7 Å². The Labute approximate surface area is 357 Å². The Morgan fingerprint density at radius 3 is 2.36 bits per heavy atom. The van der Waals surface area contributed by atoms with Gasteiger partial charge in [-0.1, -0.05) is 97.1 Å². The second-order valence-electron chi connectivity index (χ2n) is 15.8. The summed E-state index contributed by atoms with van der Waals surface area (Å²) in [5.41, 5.74) is 21.5. The molecule has 7 aromatic rings. The molecule has 4 N–H and O–H groups in total. The van der Waals surface area contributed by atoms with Crippen molar-refractivity contribution in [2.24, 2.45) is 10.7 Å². The number of aromatic nitrogens is 1. The predicted molar refractivity (Wildman–Crippen MR) is 248 cm³/mol. The zero-order chi connectivity index (χ0) is 41.5. The fourth-order valence-electron chi connectivity index (χ4n) is 9.19. The van der Waals surface area contributed by atoms with E-state index >= 15 is 0 Å². The van der Waals surface area contributed by atoms with Gasteiger partial charge in [-0.25, -0.2) is 0 Å². The van der Waals surface area contributed by atoms with Gasteiger partial charge in [0.1, 0.15) is 0 Å². The van der Waals surface area contributed by atoms with Crippen molar-refractivity contribution >= 4 is 35.0 Å². The van der Waals surface area contributed by atoms with Gasteiger partial charge in [-0.2, -0.15) is 0 Å². The van der Waals surface area contributed by atoms with Crippen LogP contribution in [0.15, 0.2) is 175 Å². The monoisotopic (exact) mass is 797 g/mol. The van der Waals surface area contributed by atoms with E-state index in [9.17, 15) is 9.59 Å². The number of allylic oxidation sites excluding steroid dienone is 1. The number of pyridine rings is 1. The van der Waals surface area contributed by atoms with Crippen LogP contribution in [0, 0.1) is 0 Å². The van der Waals surface area contributed by atoms with Crippen molar-refractivity contribution in [2.75, 3.05) is 10.6 Å². The zero-order valence-corrected chi connectivity index (χ0v) is 33.9. The summed E-state index contributed by atoms with van der Waals surface area (Å²) in [7, 11) is 0. The second-order valence-corrected chi connectivity index (χ2v) is 15.8. The van der Waals surface area contributed by atoms with Gasteiger partial charge in [0.25, 0.3) is 5.91 Å². The SMILES string of the molecule is C1=CNc2ccccc2N=C1.NCc1ccccc1-c1ccccc1C(=O)Nc1ccc(C(=O)C2Cc3ccccc3-c3ccc4c(c32)CCCC4Cc2cccnc2)cc1. The average Bonchev–Trinajstić information content (AvgIpc) is 3.58. The van der Waals surface area contributed by atoms with Crippen LogP contribution >= 0.6 is 0 Å². The van der Waals surface area contributed by atoms with Crippen LogP contribution in [-0.4, -0.2) is 22.9 Å². The smallest absolute Gasteiger partial charge is 0.256 e. The van der Waals surface area contributed by atoms with Crippen LogP contribution in [0.2, 0.25) is 0 Å². The van der Waals surface area contributed by atoms with E-state index in [1.165, 1.54) is 38.9 Å². The Bertz CT molecular complexity index is 2770. The van der Waals surface area contributed by atoms with Crippen molar-refractivity contribution in [1.82, 2.24) is 4.98 Å². The number of rotatable bonds is 8. The number of hydrogen-bond donors (Lipinski definition) is 3. The molecule has 0 fully saturated rings. The first-order chi connectivity index (χ1) is 30.1. The average molecular weight is 798 g/mol. The molecule has 300 valence electrons. The molecular formula is C54H47N5O2. The normalized spacial score (nSPS) is 15.6. The van der Waals surface area contributed by atoms with Gasteiger partial charge in [-0.3, -0.25) is 19.6 Å². The van der Waals surface area contributed by atoms with Gasteiger partial charge in [-0.15, -0.1) is 0 Å². The summed E-state index contributed by atoms with van der Waals surface area (Å²) in [4.78, 5) is 36.7. The predicted octanol–water partition coefficient (Wildman–Crippen LogP) is 11.6. The first-order valence-corrected chi connectivity index (χ1v) is 21.1. The van der Waals surface area contributed by atoms with E-state index in [0.29, 0.717) is 35.7 Å². The number of hydrogen-bond acceptors (Lipinski definition) is 6. The summed E-state index contributed by atoms with van der Waals surface area (Å²) in [6.45, 7) is 0.382. The maximum absolute atomic E-state index is 14.5.